The lowest BCUT2D eigenvalue weighted by Crippen LogP contribution is -2.35. The quantitative estimate of drug-likeness (QED) is 0.613. The van der Waals surface area contributed by atoms with Gasteiger partial charge in [0.05, 0.1) is 5.39 Å². The number of carbonyl (C=O) groups excluding carboxylic acids is 1. The van der Waals surface area contributed by atoms with Crippen LogP contribution in [0.4, 0.5) is 5.82 Å². The molecule has 1 aliphatic carbocycles. The predicted molar refractivity (Wildman–Crippen MR) is 134 cm³/mol. The summed E-state index contributed by atoms with van der Waals surface area (Å²) >= 11 is 0. The maximum atomic E-state index is 11.8. The molecule has 2 aliphatic heterocycles. The van der Waals surface area contributed by atoms with Crippen molar-refractivity contribution in [2.45, 2.75) is 77.0 Å². The number of aromatic nitrogens is 3. The molecule has 1 unspecified atom stereocenters. The number of ether oxygens (including phenoxy) is 1. The molecule has 3 aliphatic rings. The van der Waals surface area contributed by atoms with E-state index in [0.29, 0.717) is 11.8 Å². The molecule has 7 nitrogen and oxygen atoms in total. The van der Waals surface area contributed by atoms with Gasteiger partial charge in [-0.2, -0.15) is 0 Å². The Bertz CT molecular complexity index is 988. The van der Waals surface area contributed by atoms with Gasteiger partial charge in [-0.05, 0) is 80.6 Å². The highest BCUT2D eigenvalue weighted by molar-refractivity contribution is 5.91. The van der Waals surface area contributed by atoms with Crippen molar-refractivity contribution in [2.24, 2.45) is 22.7 Å². The fourth-order valence-electron chi connectivity index (χ4n) is 6.41. The van der Waals surface area contributed by atoms with E-state index in [-0.39, 0.29) is 5.91 Å². The number of amides is 1. The summed E-state index contributed by atoms with van der Waals surface area (Å²) in [5, 5.41) is 1.09. The van der Waals surface area contributed by atoms with Gasteiger partial charge in [-0.25, -0.2) is 15.0 Å². The molecule has 34 heavy (non-hydrogen) atoms. The molecule has 1 amide bonds. The van der Waals surface area contributed by atoms with Crippen molar-refractivity contribution in [3.8, 4) is 0 Å². The van der Waals surface area contributed by atoms with Gasteiger partial charge in [0, 0.05) is 45.6 Å². The van der Waals surface area contributed by atoms with E-state index in [2.05, 4.69) is 32.3 Å². The summed E-state index contributed by atoms with van der Waals surface area (Å²) in [5.74, 6) is 3.62. The number of hydrogen-bond acceptors (Lipinski definition) is 5. The molecule has 2 aromatic rings. The van der Waals surface area contributed by atoms with E-state index in [9.17, 15) is 4.79 Å². The fourth-order valence-corrected chi connectivity index (χ4v) is 6.41. The van der Waals surface area contributed by atoms with Crippen LogP contribution in [0.5, 0.6) is 0 Å². The summed E-state index contributed by atoms with van der Waals surface area (Å²) in [4.78, 5) is 31.2. The fraction of sp³-hybridized carbons (Fsp3) is 0.704. The molecule has 7 heteroatoms. The Kier molecular flexibility index (Phi) is 7.57. The van der Waals surface area contributed by atoms with E-state index in [1.807, 2.05) is 0 Å². The summed E-state index contributed by atoms with van der Waals surface area (Å²) in [7, 11) is 0. The monoisotopic (exact) mass is 465 g/mol. The molecule has 184 valence electrons. The molecule has 4 heterocycles. The highest BCUT2D eigenvalue weighted by Gasteiger charge is 2.28. The normalized spacial score (nSPS) is 27.7. The average Bonchev–Trinajstić information content (AvgIpc) is 3.29. The predicted octanol–water partition coefficient (Wildman–Crippen LogP) is 5.40. The van der Waals surface area contributed by atoms with Gasteiger partial charge in [-0.3, -0.25) is 4.79 Å². The summed E-state index contributed by atoms with van der Waals surface area (Å²) in [6.07, 6.45) is 17.8. The smallest absolute Gasteiger partial charge is 0.219 e. The zero-order chi connectivity index (χ0) is 23.3. The lowest BCUT2D eigenvalue weighted by Gasteiger charge is -2.35. The van der Waals surface area contributed by atoms with Gasteiger partial charge in [0.1, 0.15) is 12.0 Å². The zero-order valence-electron chi connectivity index (χ0n) is 20.5. The van der Waals surface area contributed by atoms with Crippen LogP contribution in [0.25, 0.3) is 11.0 Å². The van der Waals surface area contributed by atoms with E-state index in [1.165, 1.54) is 50.5 Å². The van der Waals surface area contributed by atoms with Gasteiger partial charge in [-0.1, -0.05) is 12.8 Å². The number of hydrogen-bond donors (Lipinski definition) is 1. The SMILES string of the molecule is CC(=O)N1CCCCC(C2CCC(C=Nc3ncnc4[nH]cc(C5CCOCC5)c34)CC2)CC1. The maximum absolute atomic E-state index is 11.8. The number of nitrogens with zero attached hydrogens (tertiary/aromatic N) is 4. The van der Waals surface area contributed by atoms with Gasteiger partial charge in [0.25, 0.3) is 0 Å². The molecule has 0 bridgehead atoms. The van der Waals surface area contributed by atoms with Gasteiger partial charge in [0.15, 0.2) is 5.82 Å². The van der Waals surface area contributed by atoms with Crippen LogP contribution in [-0.4, -0.2) is 58.3 Å². The van der Waals surface area contributed by atoms with Gasteiger partial charge in [-0.15, -0.1) is 0 Å². The van der Waals surface area contributed by atoms with Gasteiger partial charge in [0.2, 0.25) is 5.91 Å². The van der Waals surface area contributed by atoms with Crippen LogP contribution in [0.1, 0.15) is 82.6 Å². The van der Waals surface area contributed by atoms with Crippen molar-refractivity contribution in [1.29, 1.82) is 0 Å². The number of H-pyrrole nitrogens is 1. The van der Waals surface area contributed by atoms with Crippen molar-refractivity contribution in [3.05, 3.63) is 18.1 Å². The number of aromatic amines is 1. The second kappa shape index (κ2) is 11.0. The third kappa shape index (κ3) is 5.35. The van der Waals surface area contributed by atoms with E-state index < -0.39 is 0 Å². The Labute approximate surface area is 202 Å². The van der Waals surface area contributed by atoms with Crippen LogP contribution >= 0.6 is 0 Å². The molecule has 0 spiro atoms. The minimum absolute atomic E-state index is 0.238. The number of aliphatic imine (C=N–C) groups is 1. The van der Waals surface area contributed by atoms with Crippen LogP contribution in [0.3, 0.4) is 0 Å². The first-order valence-corrected chi connectivity index (χ1v) is 13.4. The van der Waals surface area contributed by atoms with Crippen LogP contribution in [0, 0.1) is 17.8 Å². The van der Waals surface area contributed by atoms with Crippen molar-refractivity contribution < 1.29 is 9.53 Å². The topological polar surface area (TPSA) is 83.5 Å². The summed E-state index contributed by atoms with van der Waals surface area (Å²) in [5.41, 5.74) is 2.18. The Balaban J connectivity index is 1.21. The lowest BCUT2D eigenvalue weighted by atomic mass is 9.73. The first-order valence-electron chi connectivity index (χ1n) is 13.4. The molecule has 1 saturated carbocycles. The zero-order valence-corrected chi connectivity index (χ0v) is 20.5. The molecule has 1 atom stereocenters. The molecule has 0 aromatic carbocycles. The Morgan fingerprint density at radius 2 is 1.82 bits per heavy atom. The minimum Gasteiger partial charge on any atom is -0.381 e. The van der Waals surface area contributed by atoms with E-state index >= 15 is 0 Å². The average molecular weight is 466 g/mol. The minimum atomic E-state index is 0.238. The van der Waals surface area contributed by atoms with E-state index in [4.69, 9.17) is 9.73 Å². The molecule has 0 radical (unpaired) electrons. The van der Waals surface area contributed by atoms with Crippen molar-refractivity contribution in [3.63, 3.8) is 0 Å². The molecule has 5 rings (SSSR count). The first kappa shape index (κ1) is 23.5. The Morgan fingerprint density at radius 1 is 1.03 bits per heavy atom. The number of nitrogens with one attached hydrogen (secondary N) is 1. The van der Waals surface area contributed by atoms with Crippen molar-refractivity contribution in [1.82, 2.24) is 19.9 Å². The molecule has 2 saturated heterocycles. The summed E-state index contributed by atoms with van der Waals surface area (Å²) < 4.78 is 5.56. The molecule has 3 fully saturated rings. The number of rotatable bonds is 4. The van der Waals surface area contributed by atoms with Crippen molar-refractivity contribution >= 4 is 29.0 Å². The Hall–Kier alpha value is -2.28. The third-order valence-corrected chi connectivity index (χ3v) is 8.50. The Morgan fingerprint density at radius 3 is 2.62 bits per heavy atom. The van der Waals surface area contributed by atoms with E-state index in [0.717, 1.165) is 74.3 Å². The van der Waals surface area contributed by atoms with Crippen LogP contribution in [0.15, 0.2) is 17.5 Å². The number of fused-ring (bicyclic) bond motifs is 1. The lowest BCUT2D eigenvalue weighted by molar-refractivity contribution is -0.129. The second-order valence-electron chi connectivity index (χ2n) is 10.6. The highest BCUT2D eigenvalue weighted by atomic mass is 16.5. The maximum Gasteiger partial charge on any atom is 0.219 e. The summed E-state index contributed by atoms with van der Waals surface area (Å²) in [6.45, 7) is 5.24. The molecular weight excluding hydrogens is 426 g/mol. The second-order valence-corrected chi connectivity index (χ2v) is 10.6. The van der Waals surface area contributed by atoms with E-state index in [1.54, 1.807) is 13.3 Å². The molecular formula is C27H39N5O2. The number of carbonyl (C=O) groups is 1. The highest BCUT2D eigenvalue weighted by Crippen LogP contribution is 2.39. The van der Waals surface area contributed by atoms with Gasteiger partial charge < -0.3 is 14.6 Å². The molecule has 1 N–H and O–H groups in total. The number of likely N-dealkylation sites (tertiary alicyclic amines) is 1. The first-order chi connectivity index (χ1) is 16.7. The third-order valence-electron chi connectivity index (χ3n) is 8.50. The van der Waals surface area contributed by atoms with Crippen LogP contribution in [0.2, 0.25) is 0 Å². The van der Waals surface area contributed by atoms with Gasteiger partial charge >= 0.3 is 0 Å². The standard InChI is InChI=1S/C27H39N5O2/c1-19(33)32-12-3-2-4-21(9-13-32)22-7-5-20(6-8-22)16-28-26-25-24(23-10-14-34-15-11-23)17-29-27(25)31-18-30-26/h16-18,20-23H,2-15H2,1H3,(H,29,30,31). The largest absolute Gasteiger partial charge is 0.381 e. The summed E-state index contributed by atoms with van der Waals surface area (Å²) in [6, 6.07) is 0. The van der Waals surface area contributed by atoms with Crippen LogP contribution < -0.4 is 0 Å². The van der Waals surface area contributed by atoms with Crippen LogP contribution in [-0.2, 0) is 9.53 Å². The molecule has 2 aromatic heterocycles. The van der Waals surface area contributed by atoms with Crippen molar-refractivity contribution in [2.75, 3.05) is 26.3 Å².